The molecule has 1 fully saturated rings. The average Bonchev–Trinajstić information content (AvgIpc) is 3.06. The lowest BCUT2D eigenvalue weighted by Crippen LogP contribution is -2.43. The van der Waals surface area contributed by atoms with Crippen LogP contribution >= 0.6 is 27.3 Å². The molecule has 1 N–H and O–H groups in total. The summed E-state index contributed by atoms with van der Waals surface area (Å²) in [6.07, 6.45) is 3.82. The minimum atomic E-state index is 0.00249. The molecule has 27 heavy (non-hydrogen) atoms. The summed E-state index contributed by atoms with van der Waals surface area (Å²) in [7, 11) is 0. The van der Waals surface area contributed by atoms with Gasteiger partial charge in [0.2, 0.25) is 5.91 Å². The first-order chi connectivity index (χ1) is 13.1. The summed E-state index contributed by atoms with van der Waals surface area (Å²) in [5.41, 5.74) is 1.10. The molecule has 3 heterocycles. The van der Waals surface area contributed by atoms with Crippen LogP contribution in [0.2, 0.25) is 0 Å². The second-order valence-corrected chi connectivity index (χ2v) is 9.24. The van der Waals surface area contributed by atoms with Crippen molar-refractivity contribution in [2.45, 2.75) is 26.3 Å². The van der Waals surface area contributed by atoms with Crippen LogP contribution in [-0.4, -0.2) is 24.0 Å². The first-order valence-corrected chi connectivity index (χ1v) is 10.8. The summed E-state index contributed by atoms with van der Waals surface area (Å²) in [6, 6.07) is 12.3. The van der Waals surface area contributed by atoms with Crippen LogP contribution in [0.4, 0.5) is 5.82 Å². The van der Waals surface area contributed by atoms with Gasteiger partial charge in [0.25, 0.3) is 0 Å². The molecule has 0 aliphatic carbocycles. The number of anilines is 1. The summed E-state index contributed by atoms with van der Waals surface area (Å²) in [6.45, 7) is 4.37. The fraction of sp³-hybridized carbons (Fsp3) is 0.333. The van der Waals surface area contributed by atoms with Gasteiger partial charge in [-0.25, -0.2) is 4.98 Å². The molecule has 2 aromatic heterocycles. The second kappa shape index (κ2) is 7.98. The predicted octanol–water partition coefficient (Wildman–Crippen LogP) is 4.90. The smallest absolute Gasteiger partial charge is 0.225 e. The van der Waals surface area contributed by atoms with Crippen molar-refractivity contribution in [3.8, 4) is 0 Å². The Balaban J connectivity index is 1.45. The Labute approximate surface area is 171 Å². The average molecular weight is 444 g/mol. The van der Waals surface area contributed by atoms with Crippen molar-refractivity contribution in [1.82, 2.24) is 10.3 Å². The Morgan fingerprint density at radius 2 is 2.26 bits per heavy atom. The maximum Gasteiger partial charge on any atom is 0.225 e. The Kier molecular flexibility index (Phi) is 5.45. The van der Waals surface area contributed by atoms with Gasteiger partial charge in [-0.1, -0.05) is 28.1 Å². The van der Waals surface area contributed by atoms with Crippen LogP contribution in [0.15, 0.2) is 47.1 Å². The number of pyridine rings is 1. The Morgan fingerprint density at radius 1 is 1.37 bits per heavy atom. The van der Waals surface area contributed by atoms with E-state index in [-0.39, 0.29) is 11.8 Å². The van der Waals surface area contributed by atoms with Gasteiger partial charge in [-0.2, -0.15) is 0 Å². The molecule has 0 spiro atoms. The third-order valence-corrected chi connectivity index (χ3v) is 6.50. The van der Waals surface area contributed by atoms with E-state index in [0.29, 0.717) is 6.54 Å². The van der Waals surface area contributed by atoms with Crippen LogP contribution in [0.25, 0.3) is 10.1 Å². The number of carbonyl (C=O) groups is 1. The number of rotatable bonds is 4. The number of hydrogen-bond acceptors (Lipinski definition) is 4. The molecule has 1 aliphatic heterocycles. The molecule has 1 unspecified atom stereocenters. The van der Waals surface area contributed by atoms with Crippen molar-refractivity contribution in [2.24, 2.45) is 5.92 Å². The molecule has 4 rings (SSSR count). The van der Waals surface area contributed by atoms with Gasteiger partial charge in [0.1, 0.15) is 5.82 Å². The van der Waals surface area contributed by atoms with Crippen LogP contribution in [0.5, 0.6) is 0 Å². The minimum Gasteiger partial charge on any atom is -0.355 e. The number of piperidine rings is 1. The summed E-state index contributed by atoms with van der Waals surface area (Å²) in [5.74, 6) is 1.15. The molecule has 0 bridgehead atoms. The first kappa shape index (κ1) is 18.4. The molecule has 1 atom stereocenters. The van der Waals surface area contributed by atoms with Crippen molar-refractivity contribution in [3.05, 3.63) is 57.5 Å². The SMILES string of the molecule is Cc1cc2c(N3CCCC(C(=O)NCc4cccc(Br)c4)C3)nccc2s1. The van der Waals surface area contributed by atoms with E-state index in [1.807, 2.05) is 30.5 Å². The molecule has 4 nitrogen and oxygen atoms in total. The fourth-order valence-electron chi connectivity index (χ4n) is 3.69. The number of nitrogens with zero attached hydrogens (tertiary/aromatic N) is 2. The Morgan fingerprint density at radius 3 is 3.11 bits per heavy atom. The zero-order chi connectivity index (χ0) is 18.8. The maximum absolute atomic E-state index is 12.7. The van der Waals surface area contributed by atoms with Gasteiger partial charge in [-0.3, -0.25) is 4.79 Å². The molecule has 0 saturated carbocycles. The lowest BCUT2D eigenvalue weighted by molar-refractivity contribution is -0.125. The van der Waals surface area contributed by atoms with Gasteiger partial charge >= 0.3 is 0 Å². The van der Waals surface area contributed by atoms with Crippen molar-refractivity contribution in [2.75, 3.05) is 18.0 Å². The number of nitrogens with one attached hydrogen (secondary N) is 1. The van der Waals surface area contributed by atoms with E-state index >= 15 is 0 Å². The largest absolute Gasteiger partial charge is 0.355 e. The van der Waals surface area contributed by atoms with E-state index in [1.165, 1.54) is 15.0 Å². The topological polar surface area (TPSA) is 45.2 Å². The highest BCUT2D eigenvalue weighted by atomic mass is 79.9. The van der Waals surface area contributed by atoms with E-state index in [0.717, 1.165) is 41.8 Å². The van der Waals surface area contributed by atoms with Crippen LogP contribution in [0, 0.1) is 12.8 Å². The van der Waals surface area contributed by atoms with Gasteiger partial charge in [-0.15, -0.1) is 11.3 Å². The van der Waals surface area contributed by atoms with Gasteiger partial charge in [0.15, 0.2) is 0 Å². The van der Waals surface area contributed by atoms with Crippen LogP contribution in [0.1, 0.15) is 23.3 Å². The van der Waals surface area contributed by atoms with E-state index in [4.69, 9.17) is 0 Å². The number of benzene rings is 1. The zero-order valence-corrected chi connectivity index (χ0v) is 17.6. The number of carbonyl (C=O) groups excluding carboxylic acids is 1. The monoisotopic (exact) mass is 443 g/mol. The van der Waals surface area contributed by atoms with Crippen molar-refractivity contribution in [3.63, 3.8) is 0 Å². The molecule has 3 aromatic rings. The van der Waals surface area contributed by atoms with Gasteiger partial charge in [-0.05, 0) is 49.6 Å². The molecule has 1 saturated heterocycles. The highest BCUT2D eigenvalue weighted by molar-refractivity contribution is 9.10. The third kappa shape index (κ3) is 4.17. The number of halogens is 1. The van der Waals surface area contributed by atoms with Gasteiger partial charge in [0.05, 0.1) is 5.92 Å². The number of fused-ring (bicyclic) bond motifs is 1. The second-order valence-electron chi connectivity index (χ2n) is 7.04. The number of thiophene rings is 1. The molecular weight excluding hydrogens is 422 g/mol. The summed E-state index contributed by atoms with van der Waals surface area (Å²) in [5, 5.41) is 4.31. The standard InChI is InChI=1S/C21H22BrN3OS/c1-14-10-18-19(27-14)7-8-23-20(18)25-9-3-5-16(13-25)21(26)24-12-15-4-2-6-17(22)11-15/h2,4,6-8,10-11,16H,3,5,9,12-13H2,1H3,(H,24,26). The Bertz CT molecular complexity index is 971. The molecule has 1 aromatic carbocycles. The first-order valence-electron chi connectivity index (χ1n) is 9.22. The lowest BCUT2D eigenvalue weighted by Gasteiger charge is -2.33. The quantitative estimate of drug-likeness (QED) is 0.623. The minimum absolute atomic E-state index is 0.00249. The molecule has 1 aliphatic rings. The van der Waals surface area contributed by atoms with E-state index < -0.39 is 0 Å². The fourth-order valence-corrected chi connectivity index (χ4v) is 5.05. The van der Waals surface area contributed by atoms with E-state index in [2.05, 4.69) is 50.2 Å². The summed E-state index contributed by atoms with van der Waals surface area (Å²) < 4.78 is 2.29. The van der Waals surface area contributed by atoms with E-state index in [1.54, 1.807) is 11.3 Å². The van der Waals surface area contributed by atoms with E-state index in [9.17, 15) is 4.79 Å². The predicted molar refractivity (Wildman–Crippen MR) is 115 cm³/mol. The third-order valence-electron chi connectivity index (χ3n) is 5.00. The van der Waals surface area contributed by atoms with Gasteiger partial charge < -0.3 is 10.2 Å². The van der Waals surface area contributed by atoms with Crippen LogP contribution in [-0.2, 0) is 11.3 Å². The van der Waals surface area contributed by atoms with Crippen molar-refractivity contribution < 1.29 is 4.79 Å². The Hall–Kier alpha value is -1.92. The van der Waals surface area contributed by atoms with Gasteiger partial charge in [0, 0.05) is 45.3 Å². The van der Waals surface area contributed by atoms with Crippen molar-refractivity contribution >= 4 is 49.1 Å². The normalized spacial score (nSPS) is 17.3. The number of aromatic nitrogens is 1. The number of amides is 1. The summed E-state index contributed by atoms with van der Waals surface area (Å²) >= 11 is 5.27. The number of aryl methyl sites for hydroxylation is 1. The zero-order valence-electron chi connectivity index (χ0n) is 15.2. The maximum atomic E-state index is 12.7. The molecule has 6 heteroatoms. The molecule has 1 amide bonds. The molecular formula is C21H22BrN3OS. The lowest BCUT2D eigenvalue weighted by atomic mass is 9.96. The van der Waals surface area contributed by atoms with Crippen LogP contribution < -0.4 is 10.2 Å². The van der Waals surface area contributed by atoms with Crippen molar-refractivity contribution in [1.29, 1.82) is 0 Å². The molecule has 0 radical (unpaired) electrons. The van der Waals surface area contributed by atoms with Crippen LogP contribution in [0.3, 0.4) is 0 Å². The highest BCUT2D eigenvalue weighted by Crippen LogP contribution is 2.33. The summed E-state index contributed by atoms with van der Waals surface area (Å²) in [4.78, 5) is 20.9. The number of hydrogen-bond donors (Lipinski definition) is 1. The molecule has 140 valence electrons. The highest BCUT2D eigenvalue weighted by Gasteiger charge is 2.27.